The molecule has 2 unspecified atom stereocenters. The fourth-order valence-corrected chi connectivity index (χ4v) is 3.53. The molecule has 17 heavy (non-hydrogen) atoms. The molecule has 2 atom stereocenters. The topological polar surface area (TPSA) is 20.2 Å². The van der Waals surface area contributed by atoms with Crippen molar-refractivity contribution < 1.29 is 5.11 Å². The summed E-state index contributed by atoms with van der Waals surface area (Å²) in [5.41, 5.74) is 4.64. The normalized spacial score (nSPS) is 28.1. The van der Waals surface area contributed by atoms with E-state index in [2.05, 4.69) is 18.2 Å². The van der Waals surface area contributed by atoms with Crippen molar-refractivity contribution in [2.75, 3.05) is 0 Å². The Morgan fingerprint density at radius 1 is 1.06 bits per heavy atom. The first kappa shape index (κ1) is 11.3. The number of aryl methyl sites for hydroxylation is 2. The van der Waals surface area contributed by atoms with Gasteiger partial charge in [-0.1, -0.05) is 24.6 Å². The smallest absolute Gasteiger partial charge is 0.0543 e. The number of benzene rings is 1. The molecule has 1 N–H and O–H groups in total. The lowest BCUT2D eigenvalue weighted by molar-refractivity contribution is 0.101. The van der Waals surface area contributed by atoms with Crippen molar-refractivity contribution in [1.29, 1.82) is 0 Å². The predicted octanol–water partition coefficient (Wildman–Crippen LogP) is 3.27. The van der Waals surface area contributed by atoms with E-state index >= 15 is 0 Å². The highest BCUT2D eigenvalue weighted by Gasteiger charge is 2.20. The Morgan fingerprint density at radius 3 is 2.82 bits per heavy atom. The molecule has 3 rings (SSSR count). The molecule has 0 spiro atoms. The van der Waals surface area contributed by atoms with Gasteiger partial charge in [0.2, 0.25) is 0 Å². The van der Waals surface area contributed by atoms with Crippen LogP contribution in [0.4, 0.5) is 0 Å². The second-order valence-electron chi connectivity index (χ2n) is 5.85. The Labute approximate surface area is 104 Å². The van der Waals surface area contributed by atoms with Crippen molar-refractivity contribution in [3.05, 3.63) is 34.9 Å². The second-order valence-corrected chi connectivity index (χ2v) is 5.85. The van der Waals surface area contributed by atoms with Gasteiger partial charge in [0, 0.05) is 0 Å². The maximum atomic E-state index is 9.71. The number of hydrogen-bond donors (Lipinski definition) is 1. The zero-order valence-corrected chi connectivity index (χ0v) is 10.5. The third-order valence-electron chi connectivity index (χ3n) is 4.44. The van der Waals surface area contributed by atoms with Crippen LogP contribution in [0.1, 0.15) is 48.8 Å². The summed E-state index contributed by atoms with van der Waals surface area (Å²) in [6.07, 6.45) is 9.55. The number of rotatable bonds is 2. The maximum Gasteiger partial charge on any atom is 0.0543 e. The number of aliphatic hydroxyl groups is 1. The van der Waals surface area contributed by atoms with Crippen molar-refractivity contribution >= 4 is 0 Å². The monoisotopic (exact) mass is 230 g/mol. The quantitative estimate of drug-likeness (QED) is 0.826. The molecule has 0 aromatic heterocycles. The van der Waals surface area contributed by atoms with Crippen LogP contribution in [0.15, 0.2) is 18.2 Å². The van der Waals surface area contributed by atoms with Crippen molar-refractivity contribution in [3.8, 4) is 0 Å². The molecule has 1 nitrogen and oxygen atoms in total. The molecule has 1 fully saturated rings. The van der Waals surface area contributed by atoms with Gasteiger partial charge in [-0.05, 0) is 67.6 Å². The van der Waals surface area contributed by atoms with Gasteiger partial charge in [-0.15, -0.1) is 0 Å². The van der Waals surface area contributed by atoms with Crippen LogP contribution in [0.2, 0.25) is 0 Å². The fraction of sp³-hybridized carbons (Fsp3) is 0.625. The van der Waals surface area contributed by atoms with E-state index in [4.69, 9.17) is 0 Å². The van der Waals surface area contributed by atoms with Crippen LogP contribution < -0.4 is 0 Å². The maximum absolute atomic E-state index is 9.71. The number of aliphatic hydroxyl groups excluding tert-OH is 1. The number of fused-ring (bicyclic) bond motifs is 1. The lowest BCUT2D eigenvalue weighted by Crippen LogP contribution is -2.21. The first-order valence-corrected chi connectivity index (χ1v) is 7.10. The molecule has 0 saturated heterocycles. The minimum Gasteiger partial charge on any atom is -0.393 e. The minimum absolute atomic E-state index is 0.0387. The van der Waals surface area contributed by atoms with E-state index in [1.54, 1.807) is 11.1 Å². The van der Waals surface area contributed by atoms with Crippen LogP contribution >= 0.6 is 0 Å². The Bertz CT molecular complexity index is 397. The summed E-state index contributed by atoms with van der Waals surface area (Å²) in [7, 11) is 0. The van der Waals surface area contributed by atoms with E-state index in [1.165, 1.54) is 44.1 Å². The van der Waals surface area contributed by atoms with Gasteiger partial charge >= 0.3 is 0 Å². The van der Waals surface area contributed by atoms with Crippen molar-refractivity contribution in [2.24, 2.45) is 5.92 Å². The van der Waals surface area contributed by atoms with Gasteiger partial charge in [-0.3, -0.25) is 0 Å². The Balaban J connectivity index is 1.68. The first-order chi connectivity index (χ1) is 8.31. The van der Waals surface area contributed by atoms with Crippen molar-refractivity contribution in [3.63, 3.8) is 0 Å². The molecule has 1 saturated carbocycles. The van der Waals surface area contributed by atoms with Gasteiger partial charge in [0.1, 0.15) is 0 Å². The fourth-order valence-electron chi connectivity index (χ4n) is 3.53. The van der Waals surface area contributed by atoms with Gasteiger partial charge in [-0.2, -0.15) is 0 Å². The lowest BCUT2D eigenvalue weighted by Gasteiger charge is -2.26. The molecule has 1 heteroatoms. The highest BCUT2D eigenvalue weighted by molar-refractivity contribution is 5.35. The second kappa shape index (κ2) is 4.81. The summed E-state index contributed by atoms with van der Waals surface area (Å²) in [4.78, 5) is 0. The van der Waals surface area contributed by atoms with E-state index in [0.29, 0.717) is 5.92 Å². The molecule has 0 amide bonds. The molecular weight excluding hydrogens is 208 g/mol. The highest BCUT2D eigenvalue weighted by atomic mass is 16.3. The SMILES string of the molecule is OC1CCCC(Cc2ccc3c(c2)CCC3)C1. The summed E-state index contributed by atoms with van der Waals surface area (Å²) in [6.45, 7) is 0. The lowest BCUT2D eigenvalue weighted by atomic mass is 9.83. The highest BCUT2D eigenvalue weighted by Crippen LogP contribution is 2.29. The molecule has 2 aliphatic carbocycles. The predicted molar refractivity (Wildman–Crippen MR) is 70.1 cm³/mol. The van der Waals surface area contributed by atoms with Gasteiger partial charge in [0.15, 0.2) is 0 Å². The first-order valence-electron chi connectivity index (χ1n) is 7.10. The van der Waals surface area contributed by atoms with Gasteiger partial charge in [0.05, 0.1) is 6.10 Å². The third kappa shape index (κ3) is 2.55. The molecule has 1 aromatic carbocycles. The van der Waals surface area contributed by atoms with Crippen LogP contribution in [0.5, 0.6) is 0 Å². The van der Waals surface area contributed by atoms with Gasteiger partial charge in [0.25, 0.3) is 0 Å². The van der Waals surface area contributed by atoms with E-state index in [0.717, 1.165) is 12.8 Å². The van der Waals surface area contributed by atoms with Crippen molar-refractivity contribution in [1.82, 2.24) is 0 Å². The molecule has 0 bridgehead atoms. The molecule has 1 aromatic rings. The Hall–Kier alpha value is -0.820. The summed E-state index contributed by atoms with van der Waals surface area (Å²) in [6, 6.07) is 7.06. The molecule has 0 heterocycles. The van der Waals surface area contributed by atoms with Crippen LogP contribution in [0.25, 0.3) is 0 Å². The summed E-state index contributed by atoms with van der Waals surface area (Å²) in [5.74, 6) is 0.707. The standard InChI is InChI=1S/C16H22O/c17-16-6-1-3-12(11-16)9-13-7-8-14-4-2-5-15(14)10-13/h7-8,10,12,16-17H,1-6,9,11H2. The Kier molecular flexibility index (Phi) is 3.19. The number of hydrogen-bond acceptors (Lipinski definition) is 1. The van der Waals surface area contributed by atoms with E-state index in [9.17, 15) is 5.11 Å². The molecule has 2 aliphatic rings. The molecule has 0 radical (unpaired) electrons. The van der Waals surface area contributed by atoms with Crippen LogP contribution in [-0.4, -0.2) is 11.2 Å². The summed E-state index contributed by atoms with van der Waals surface area (Å²) >= 11 is 0. The van der Waals surface area contributed by atoms with Gasteiger partial charge < -0.3 is 5.11 Å². The Morgan fingerprint density at radius 2 is 1.94 bits per heavy atom. The zero-order valence-electron chi connectivity index (χ0n) is 10.5. The molecule has 92 valence electrons. The average Bonchev–Trinajstić information content (AvgIpc) is 2.76. The van der Waals surface area contributed by atoms with Gasteiger partial charge in [-0.25, -0.2) is 0 Å². The average molecular weight is 230 g/mol. The largest absolute Gasteiger partial charge is 0.393 e. The summed E-state index contributed by atoms with van der Waals surface area (Å²) in [5, 5.41) is 9.71. The van der Waals surface area contributed by atoms with E-state index < -0.39 is 0 Å². The van der Waals surface area contributed by atoms with Crippen LogP contribution in [-0.2, 0) is 19.3 Å². The van der Waals surface area contributed by atoms with E-state index in [-0.39, 0.29) is 6.10 Å². The van der Waals surface area contributed by atoms with E-state index in [1.807, 2.05) is 0 Å². The van der Waals surface area contributed by atoms with Crippen LogP contribution in [0.3, 0.4) is 0 Å². The summed E-state index contributed by atoms with van der Waals surface area (Å²) < 4.78 is 0. The third-order valence-corrected chi connectivity index (χ3v) is 4.44. The molecular formula is C16H22O. The zero-order chi connectivity index (χ0) is 11.7. The molecule has 0 aliphatic heterocycles. The minimum atomic E-state index is -0.0387. The van der Waals surface area contributed by atoms with Crippen molar-refractivity contribution in [2.45, 2.75) is 57.5 Å². The van der Waals surface area contributed by atoms with Crippen LogP contribution in [0, 0.1) is 5.92 Å².